The predicted molar refractivity (Wildman–Crippen MR) is 117 cm³/mol. The van der Waals surface area contributed by atoms with Gasteiger partial charge in [-0.25, -0.2) is 4.98 Å². The van der Waals surface area contributed by atoms with Crippen molar-refractivity contribution in [1.29, 1.82) is 5.26 Å². The summed E-state index contributed by atoms with van der Waals surface area (Å²) in [5.41, 5.74) is 3.23. The molecule has 0 saturated carbocycles. The second-order valence-corrected chi connectivity index (χ2v) is 8.07. The molecule has 4 nitrogen and oxygen atoms in total. The average molecular weight is 455 g/mol. The van der Waals surface area contributed by atoms with E-state index in [2.05, 4.69) is 27.0 Å². The van der Waals surface area contributed by atoms with E-state index in [9.17, 15) is 5.26 Å². The fraction of sp³-hybridized carbons (Fsp3) is 0.182. The molecule has 0 radical (unpaired) electrons. The van der Waals surface area contributed by atoms with E-state index in [1.807, 2.05) is 67.8 Å². The molecule has 0 aliphatic rings. The Balaban J connectivity index is 1.92. The molecule has 0 unspecified atom stereocenters. The van der Waals surface area contributed by atoms with Crippen LogP contribution >= 0.6 is 27.3 Å². The molecular weight excluding hydrogens is 436 g/mol. The molecule has 0 fully saturated rings. The molecule has 28 heavy (non-hydrogen) atoms. The minimum atomic E-state index is 0.0241. The van der Waals surface area contributed by atoms with Crippen molar-refractivity contribution in [3.8, 4) is 28.8 Å². The van der Waals surface area contributed by atoms with Gasteiger partial charge in [0.25, 0.3) is 0 Å². The SMILES string of the molecule is COc1ccc(/C=C(\C#N)c2nc(-c3ccc(Br)cc3)cs2)cc1OC(C)C. The zero-order chi connectivity index (χ0) is 20.1. The van der Waals surface area contributed by atoms with Crippen LogP contribution in [0.2, 0.25) is 0 Å². The molecule has 0 atom stereocenters. The first-order valence-electron chi connectivity index (χ1n) is 8.68. The van der Waals surface area contributed by atoms with Crippen LogP contribution in [-0.4, -0.2) is 18.2 Å². The number of hydrogen-bond donors (Lipinski definition) is 0. The molecule has 3 rings (SSSR count). The van der Waals surface area contributed by atoms with E-state index >= 15 is 0 Å². The molecule has 0 aliphatic carbocycles. The van der Waals surface area contributed by atoms with E-state index in [4.69, 9.17) is 9.47 Å². The second kappa shape index (κ2) is 9.05. The van der Waals surface area contributed by atoms with Crippen molar-refractivity contribution in [1.82, 2.24) is 4.98 Å². The zero-order valence-corrected chi connectivity index (χ0v) is 18.2. The van der Waals surface area contributed by atoms with Crippen LogP contribution < -0.4 is 9.47 Å². The molecule has 0 bridgehead atoms. The maximum atomic E-state index is 9.66. The molecular formula is C22H19BrN2O2S. The topological polar surface area (TPSA) is 55.1 Å². The summed E-state index contributed by atoms with van der Waals surface area (Å²) in [5, 5.41) is 12.3. The number of benzene rings is 2. The van der Waals surface area contributed by atoms with E-state index in [-0.39, 0.29) is 6.10 Å². The van der Waals surface area contributed by atoms with Crippen LogP contribution in [0.3, 0.4) is 0 Å². The molecule has 1 heterocycles. The highest BCUT2D eigenvalue weighted by molar-refractivity contribution is 9.10. The molecule has 2 aromatic carbocycles. The lowest BCUT2D eigenvalue weighted by Gasteiger charge is -2.14. The Morgan fingerprint density at radius 3 is 2.57 bits per heavy atom. The smallest absolute Gasteiger partial charge is 0.162 e. The van der Waals surface area contributed by atoms with Gasteiger partial charge in [0, 0.05) is 15.4 Å². The van der Waals surface area contributed by atoms with Gasteiger partial charge in [0.05, 0.1) is 24.5 Å². The third kappa shape index (κ3) is 4.80. The molecule has 0 aliphatic heterocycles. The van der Waals surface area contributed by atoms with Crippen molar-refractivity contribution in [3.05, 3.63) is 62.9 Å². The quantitative estimate of drug-likeness (QED) is 0.402. The van der Waals surface area contributed by atoms with Gasteiger partial charge in [-0.3, -0.25) is 0 Å². The third-order valence-corrected chi connectivity index (χ3v) is 5.26. The molecule has 142 valence electrons. The van der Waals surface area contributed by atoms with Crippen molar-refractivity contribution >= 4 is 38.9 Å². The molecule has 1 aromatic heterocycles. The van der Waals surface area contributed by atoms with Gasteiger partial charge < -0.3 is 9.47 Å². The summed E-state index contributed by atoms with van der Waals surface area (Å²) in [5.74, 6) is 1.31. The number of rotatable bonds is 6. The number of thiazole rings is 1. The number of aromatic nitrogens is 1. The minimum Gasteiger partial charge on any atom is -0.493 e. The molecule has 0 amide bonds. The standard InChI is InChI=1S/C22H19BrN2O2S/c1-14(2)27-21-11-15(4-9-20(21)26-3)10-17(12-24)22-25-19(13-28-22)16-5-7-18(23)8-6-16/h4-11,13-14H,1-3H3/b17-10+. The Morgan fingerprint density at radius 2 is 1.93 bits per heavy atom. The van der Waals surface area contributed by atoms with Crippen LogP contribution in [-0.2, 0) is 0 Å². The first-order valence-corrected chi connectivity index (χ1v) is 10.4. The van der Waals surface area contributed by atoms with E-state index in [1.165, 1.54) is 11.3 Å². The summed E-state index contributed by atoms with van der Waals surface area (Å²) in [6.45, 7) is 3.92. The summed E-state index contributed by atoms with van der Waals surface area (Å²) in [6.07, 6.45) is 1.84. The maximum Gasteiger partial charge on any atom is 0.162 e. The minimum absolute atomic E-state index is 0.0241. The van der Waals surface area contributed by atoms with Crippen molar-refractivity contribution in [2.45, 2.75) is 20.0 Å². The van der Waals surface area contributed by atoms with Gasteiger partial charge in [-0.1, -0.05) is 34.1 Å². The fourth-order valence-electron chi connectivity index (χ4n) is 2.59. The Hall–Kier alpha value is -2.62. The van der Waals surface area contributed by atoms with Gasteiger partial charge in [-0.2, -0.15) is 5.26 Å². The van der Waals surface area contributed by atoms with Crippen LogP contribution in [0.1, 0.15) is 24.4 Å². The largest absolute Gasteiger partial charge is 0.493 e. The van der Waals surface area contributed by atoms with Crippen LogP contribution in [0.25, 0.3) is 22.9 Å². The van der Waals surface area contributed by atoms with Gasteiger partial charge in [-0.05, 0) is 49.8 Å². The lowest BCUT2D eigenvalue weighted by Crippen LogP contribution is -2.06. The summed E-state index contributed by atoms with van der Waals surface area (Å²) in [7, 11) is 1.61. The van der Waals surface area contributed by atoms with E-state index in [0.29, 0.717) is 22.1 Å². The summed E-state index contributed by atoms with van der Waals surface area (Å²) < 4.78 is 12.2. The van der Waals surface area contributed by atoms with Crippen LogP contribution in [0.4, 0.5) is 0 Å². The Morgan fingerprint density at radius 1 is 1.18 bits per heavy atom. The summed E-state index contributed by atoms with van der Waals surface area (Å²) in [4.78, 5) is 4.64. The highest BCUT2D eigenvalue weighted by Gasteiger charge is 2.11. The van der Waals surface area contributed by atoms with Gasteiger partial charge >= 0.3 is 0 Å². The number of nitriles is 1. The second-order valence-electron chi connectivity index (χ2n) is 6.29. The van der Waals surface area contributed by atoms with Crippen molar-refractivity contribution in [2.75, 3.05) is 7.11 Å². The molecule has 0 saturated heterocycles. The van der Waals surface area contributed by atoms with Crippen LogP contribution in [0, 0.1) is 11.3 Å². The van der Waals surface area contributed by atoms with E-state index in [1.54, 1.807) is 7.11 Å². The monoisotopic (exact) mass is 454 g/mol. The lowest BCUT2D eigenvalue weighted by molar-refractivity contribution is 0.230. The van der Waals surface area contributed by atoms with Gasteiger partial charge in [-0.15, -0.1) is 11.3 Å². The van der Waals surface area contributed by atoms with Crippen LogP contribution in [0.5, 0.6) is 11.5 Å². The van der Waals surface area contributed by atoms with Gasteiger partial charge in [0.1, 0.15) is 11.1 Å². The molecule has 3 aromatic rings. The fourth-order valence-corrected chi connectivity index (χ4v) is 3.65. The Kier molecular flexibility index (Phi) is 6.50. The lowest BCUT2D eigenvalue weighted by atomic mass is 10.1. The summed E-state index contributed by atoms with van der Waals surface area (Å²) >= 11 is 4.89. The molecule has 0 N–H and O–H groups in total. The van der Waals surface area contributed by atoms with E-state index < -0.39 is 0 Å². The Labute approximate surface area is 177 Å². The first kappa shape index (κ1) is 20.1. The first-order chi connectivity index (χ1) is 13.5. The number of ether oxygens (including phenoxy) is 2. The van der Waals surface area contributed by atoms with Crippen molar-refractivity contribution < 1.29 is 9.47 Å². The molecule has 6 heteroatoms. The number of hydrogen-bond acceptors (Lipinski definition) is 5. The molecule has 0 spiro atoms. The normalized spacial score (nSPS) is 11.4. The van der Waals surface area contributed by atoms with Crippen molar-refractivity contribution in [3.63, 3.8) is 0 Å². The van der Waals surface area contributed by atoms with E-state index in [0.717, 1.165) is 21.3 Å². The average Bonchev–Trinajstić information content (AvgIpc) is 3.16. The summed E-state index contributed by atoms with van der Waals surface area (Å²) in [6, 6.07) is 15.8. The predicted octanol–water partition coefficient (Wildman–Crippen LogP) is 6.43. The number of halogens is 1. The van der Waals surface area contributed by atoms with Gasteiger partial charge in [0.15, 0.2) is 11.5 Å². The Bertz CT molecular complexity index is 1030. The van der Waals surface area contributed by atoms with Crippen molar-refractivity contribution in [2.24, 2.45) is 0 Å². The third-order valence-electron chi connectivity index (χ3n) is 3.86. The highest BCUT2D eigenvalue weighted by atomic mass is 79.9. The number of methoxy groups -OCH3 is 1. The zero-order valence-electron chi connectivity index (χ0n) is 15.8. The number of nitrogens with zero attached hydrogens (tertiary/aromatic N) is 2. The number of allylic oxidation sites excluding steroid dienone is 1. The van der Waals surface area contributed by atoms with Gasteiger partial charge in [0.2, 0.25) is 0 Å². The maximum absolute atomic E-state index is 9.66. The highest BCUT2D eigenvalue weighted by Crippen LogP contribution is 2.32. The van der Waals surface area contributed by atoms with Crippen LogP contribution in [0.15, 0.2) is 52.3 Å².